The molecule has 0 spiro atoms. The van der Waals surface area contributed by atoms with Gasteiger partial charge in [-0.25, -0.2) is 40.5 Å². The molecule has 2 aromatic carbocycles. The molecule has 2 aromatic rings. The Morgan fingerprint density at radius 3 is 2.11 bits per heavy atom. The lowest BCUT2D eigenvalue weighted by Gasteiger charge is -2.22. The van der Waals surface area contributed by atoms with Crippen molar-refractivity contribution in [2.75, 3.05) is 6.54 Å². The van der Waals surface area contributed by atoms with Gasteiger partial charge in [0.05, 0.1) is 0 Å². The molecule has 0 aliphatic carbocycles. The summed E-state index contributed by atoms with van der Waals surface area (Å²) >= 11 is 5.81. The van der Waals surface area contributed by atoms with Crippen molar-refractivity contribution in [3.63, 3.8) is 0 Å². The average molecular weight is 550 g/mol. The molecule has 0 fully saturated rings. The van der Waals surface area contributed by atoms with Gasteiger partial charge in [0.15, 0.2) is 0 Å². The predicted molar refractivity (Wildman–Crippen MR) is 126 cm³/mol. The standard InChI is InChI=1S/C21H22ClF2N3O6S2/c1-3-19(13-5-7-14(22)8-6-13)34(30,31)25-12-18(21(28)26-29)27-35(32,33)20(4-2)16-10-9-15(23)11-17(16)24/h3-11,18-20,25,27,29H,1-2,12H2,(H,26,28). The quantitative estimate of drug-likeness (QED) is 0.182. The maximum atomic E-state index is 14.2. The van der Waals surface area contributed by atoms with E-state index in [9.17, 15) is 30.4 Å². The van der Waals surface area contributed by atoms with E-state index < -0.39 is 66.2 Å². The summed E-state index contributed by atoms with van der Waals surface area (Å²) in [5.74, 6) is -3.43. The van der Waals surface area contributed by atoms with Crippen LogP contribution < -0.4 is 14.9 Å². The van der Waals surface area contributed by atoms with Crippen LogP contribution in [-0.4, -0.2) is 40.5 Å². The molecule has 0 radical (unpaired) electrons. The van der Waals surface area contributed by atoms with E-state index in [1.54, 1.807) is 0 Å². The van der Waals surface area contributed by atoms with E-state index in [4.69, 9.17) is 16.8 Å². The molecule has 0 aliphatic heterocycles. The first-order valence-corrected chi connectivity index (χ1v) is 13.2. The highest BCUT2D eigenvalue weighted by Gasteiger charge is 2.34. The number of nitrogens with one attached hydrogen (secondary N) is 3. The van der Waals surface area contributed by atoms with Crippen molar-refractivity contribution in [3.05, 3.63) is 95.6 Å². The summed E-state index contributed by atoms with van der Waals surface area (Å²) in [5, 5.41) is 6.32. The number of rotatable bonds is 12. The SMILES string of the molecule is C=CC(c1ccc(Cl)cc1)S(=O)(=O)NCC(NS(=O)(=O)C(C=C)c1ccc(F)cc1F)C(=O)NO. The molecule has 0 aliphatic rings. The maximum absolute atomic E-state index is 14.2. The zero-order valence-corrected chi connectivity index (χ0v) is 20.4. The predicted octanol–water partition coefficient (Wildman–Crippen LogP) is 2.49. The van der Waals surface area contributed by atoms with Gasteiger partial charge in [-0.15, -0.1) is 13.2 Å². The van der Waals surface area contributed by atoms with E-state index in [1.165, 1.54) is 29.7 Å². The first-order valence-electron chi connectivity index (χ1n) is 9.75. The Balaban J connectivity index is 2.29. The summed E-state index contributed by atoms with van der Waals surface area (Å²) in [6, 6.07) is 6.15. The lowest BCUT2D eigenvalue weighted by Crippen LogP contribution is -2.53. The maximum Gasteiger partial charge on any atom is 0.262 e. The number of amides is 1. The second kappa shape index (κ2) is 11.8. The van der Waals surface area contributed by atoms with Gasteiger partial charge in [-0.2, -0.15) is 0 Å². The number of hydrogen-bond acceptors (Lipinski definition) is 6. The topological polar surface area (TPSA) is 142 Å². The third-order valence-corrected chi connectivity index (χ3v) is 8.47. The van der Waals surface area contributed by atoms with Crippen LogP contribution in [0.5, 0.6) is 0 Å². The number of hydroxylamine groups is 1. The zero-order chi connectivity index (χ0) is 26.4. The van der Waals surface area contributed by atoms with Gasteiger partial charge in [-0.3, -0.25) is 10.0 Å². The summed E-state index contributed by atoms with van der Waals surface area (Å²) in [7, 11) is -8.89. The van der Waals surface area contributed by atoms with E-state index in [1.807, 2.05) is 4.72 Å². The zero-order valence-electron chi connectivity index (χ0n) is 18.0. The summed E-state index contributed by atoms with van der Waals surface area (Å²) in [6.07, 6.45) is 1.95. The van der Waals surface area contributed by atoms with Crippen LogP contribution in [0.15, 0.2) is 67.8 Å². The van der Waals surface area contributed by atoms with Gasteiger partial charge in [-0.1, -0.05) is 42.0 Å². The van der Waals surface area contributed by atoms with Crippen LogP contribution in [0.4, 0.5) is 8.78 Å². The molecule has 0 aromatic heterocycles. The minimum Gasteiger partial charge on any atom is -0.289 e. The Morgan fingerprint density at radius 1 is 1.00 bits per heavy atom. The molecule has 0 saturated heterocycles. The van der Waals surface area contributed by atoms with Gasteiger partial charge in [0.2, 0.25) is 20.0 Å². The van der Waals surface area contributed by atoms with Gasteiger partial charge < -0.3 is 0 Å². The van der Waals surface area contributed by atoms with Crippen LogP contribution >= 0.6 is 11.6 Å². The number of hydrogen-bond donors (Lipinski definition) is 4. The molecule has 4 N–H and O–H groups in total. The Kier molecular flexibility index (Phi) is 9.66. The summed E-state index contributed by atoms with van der Waals surface area (Å²) in [5.41, 5.74) is 1.06. The van der Waals surface area contributed by atoms with Gasteiger partial charge in [-0.05, 0) is 23.8 Å². The van der Waals surface area contributed by atoms with E-state index in [0.717, 1.165) is 24.3 Å². The molecular formula is C21H22ClF2N3O6S2. The van der Waals surface area contributed by atoms with Crippen LogP contribution in [0.1, 0.15) is 21.6 Å². The normalized spacial score (nSPS) is 14.5. The van der Waals surface area contributed by atoms with Crippen molar-refractivity contribution in [1.82, 2.24) is 14.9 Å². The molecule has 2 rings (SSSR count). The Bertz CT molecular complexity index is 1300. The summed E-state index contributed by atoms with van der Waals surface area (Å²) < 4.78 is 82.9. The molecule has 3 atom stereocenters. The molecule has 0 saturated carbocycles. The average Bonchev–Trinajstić information content (AvgIpc) is 2.79. The third-order valence-electron chi connectivity index (χ3n) is 4.79. The summed E-state index contributed by atoms with van der Waals surface area (Å²) in [6.45, 7) is 6.00. The van der Waals surface area contributed by atoms with Crippen LogP contribution in [-0.2, 0) is 24.8 Å². The lowest BCUT2D eigenvalue weighted by molar-refractivity contribution is -0.130. The highest BCUT2D eigenvalue weighted by Crippen LogP contribution is 2.27. The van der Waals surface area contributed by atoms with E-state index in [0.29, 0.717) is 16.7 Å². The Morgan fingerprint density at radius 2 is 1.60 bits per heavy atom. The van der Waals surface area contributed by atoms with Crippen molar-refractivity contribution in [2.45, 2.75) is 16.5 Å². The van der Waals surface area contributed by atoms with Crippen LogP contribution in [0.2, 0.25) is 5.02 Å². The van der Waals surface area contributed by atoms with Gasteiger partial charge >= 0.3 is 0 Å². The third kappa shape index (κ3) is 7.16. The first kappa shape index (κ1) is 28.6. The number of sulfonamides is 2. The fourth-order valence-electron chi connectivity index (χ4n) is 3.07. The Hall–Kier alpha value is -2.68. The number of carbonyl (C=O) groups is 1. The van der Waals surface area contributed by atoms with E-state index in [2.05, 4.69) is 17.9 Å². The fraction of sp³-hybridized carbons (Fsp3) is 0.190. The van der Waals surface area contributed by atoms with Crippen molar-refractivity contribution in [2.24, 2.45) is 0 Å². The van der Waals surface area contributed by atoms with Gasteiger partial charge in [0, 0.05) is 23.2 Å². The van der Waals surface area contributed by atoms with Crippen LogP contribution in [0, 0.1) is 11.6 Å². The van der Waals surface area contributed by atoms with Crippen molar-refractivity contribution < 1.29 is 35.6 Å². The molecular weight excluding hydrogens is 528 g/mol. The monoisotopic (exact) mass is 549 g/mol. The highest BCUT2D eigenvalue weighted by atomic mass is 35.5. The number of carbonyl (C=O) groups excluding carboxylic acids is 1. The van der Waals surface area contributed by atoms with Gasteiger partial charge in [0.1, 0.15) is 28.2 Å². The summed E-state index contributed by atoms with van der Waals surface area (Å²) in [4.78, 5) is 12.1. The fourth-order valence-corrected chi connectivity index (χ4v) is 6.06. The van der Waals surface area contributed by atoms with Crippen molar-refractivity contribution in [1.29, 1.82) is 0 Å². The lowest BCUT2D eigenvalue weighted by atomic mass is 10.1. The molecule has 0 heterocycles. The molecule has 9 nitrogen and oxygen atoms in total. The largest absolute Gasteiger partial charge is 0.289 e. The minimum atomic E-state index is -4.64. The van der Waals surface area contributed by atoms with Crippen LogP contribution in [0.25, 0.3) is 0 Å². The molecule has 14 heteroatoms. The second-order valence-electron chi connectivity index (χ2n) is 7.11. The van der Waals surface area contributed by atoms with Gasteiger partial charge in [0.25, 0.3) is 5.91 Å². The molecule has 190 valence electrons. The van der Waals surface area contributed by atoms with E-state index in [-0.39, 0.29) is 0 Å². The van der Waals surface area contributed by atoms with Crippen LogP contribution in [0.3, 0.4) is 0 Å². The smallest absolute Gasteiger partial charge is 0.262 e. The minimum absolute atomic E-state index is 0.291. The highest BCUT2D eigenvalue weighted by molar-refractivity contribution is 7.90. The molecule has 3 unspecified atom stereocenters. The van der Waals surface area contributed by atoms with Crippen molar-refractivity contribution >= 4 is 37.6 Å². The molecule has 0 bridgehead atoms. The molecule has 35 heavy (non-hydrogen) atoms. The molecule has 1 amide bonds. The second-order valence-corrected chi connectivity index (χ2v) is 11.3. The number of benzene rings is 2. The van der Waals surface area contributed by atoms with E-state index >= 15 is 0 Å². The Labute approximate surface area is 206 Å². The van der Waals surface area contributed by atoms with Crippen molar-refractivity contribution in [3.8, 4) is 0 Å². The number of halogens is 3. The first-order chi connectivity index (χ1) is 16.4.